The van der Waals surface area contributed by atoms with Gasteiger partial charge in [0.2, 0.25) is 11.8 Å². The minimum atomic E-state index is -4.23. The van der Waals surface area contributed by atoms with Crippen LogP contribution in [0.15, 0.2) is 83.8 Å². The number of ether oxygens (including phenoxy) is 2. The van der Waals surface area contributed by atoms with Gasteiger partial charge < -0.3 is 19.7 Å². The fraction of sp³-hybridized carbons (Fsp3) is 0.310. The van der Waals surface area contributed by atoms with E-state index in [0.29, 0.717) is 5.75 Å². The van der Waals surface area contributed by atoms with Gasteiger partial charge in [-0.2, -0.15) is 0 Å². The van der Waals surface area contributed by atoms with E-state index in [1.54, 1.807) is 31.2 Å². The van der Waals surface area contributed by atoms with Crippen LogP contribution >= 0.6 is 0 Å². The first-order chi connectivity index (χ1) is 18.6. The van der Waals surface area contributed by atoms with Gasteiger partial charge in [-0.15, -0.1) is 0 Å². The molecule has 3 aromatic rings. The first-order valence-corrected chi connectivity index (χ1v) is 14.0. The highest BCUT2D eigenvalue weighted by Gasteiger charge is 2.33. The van der Waals surface area contributed by atoms with Crippen LogP contribution in [-0.2, 0) is 26.2 Å². The molecule has 0 aliphatic rings. The Kier molecular flexibility index (Phi) is 9.95. The summed E-state index contributed by atoms with van der Waals surface area (Å²) in [5, 5.41) is 2.84. The van der Waals surface area contributed by atoms with Crippen molar-refractivity contribution in [3.05, 3.63) is 84.4 Å². The predicted molar refractivity (Wildman–Crippen MR) is 150 cm³/mol. The minimum Gasteiger partial charge on any atom is -0.497 e. The molecule has 0 spiro atoms. The zero-order valence-corrected chi connectivity index (χ0v) is 23.6. The molecular formula is C29H35N3O6S. The smallest absolute Gasteiger partial charge is 0.264 e. The van der Waals surface area contributed by atoms with Crippen molar-refractivity contribution < 1.29 is 27.5 Å². The third-order valence-electron chi connectivity index (χ3n) is 6.07. The number of nitrogens with zero attached hydrogens (tertiary/aromatic N) is 2. The molecule has 9 nitrogen and oxygen atoms in total. The van der Waals surface area contributed by atoms with Crippen LogP contribution in [0.3, 0.4) is 0 Å². The van der Waals surface area contributed by atoms with Gasteiger partial charge in [0, 0.05) is 12.6 Å². The van der Waals surface area contributed by atoms with Crippen molar-refractivity contribution >= 4 is 27.5 Å². The molecule has 0 bridgehead atoms. The number of carbonyl (C=O) groups excluding carboxylic acids is 2. The van der Waals surface area contributed by atoms with Crippen molar-refractivity contribution in [2.24, 2.45) is 0 Å². The Balaban J connectivity index is 2.06. The molecule has 3 aromatic carbocycles. The summed E-state index contributed by atoms with van der Waals surface area (Å²) >= 11 is 0. The van der Waals surface area contributed by atoms with Gasteiger partial charge in [-0.05, 0) is 62.7 Å². The van der Waals surface area contributed by atoms with E-state index in [9.17, 15) is 18.0 Å². The maximum atomic E-state index is 13.9. The van der Waals surface area contributed by atoms with E-state index in [2.05, 4.69) is 5.32 Å². The highest BCUT2D eigenvalue weighted by molar-refractivity contribution is 7.92. The molecule has 0 aromatic heterocycles. The fourth-order valence-electron chi connectivity index (χ4n) is 3.99. The fourth-order valence-corrected chi connectivity index (χ4v) is 5.42. The number of sulfonamides is 1. The molecule has 0 radical (unpaired) electrons. The number of hydrogen-bond donors (Lipinski definition) is 1. The lowest BCUT2D eigenvalue weighted by Crippen LogP contribution is -2.52. The van der Waals surface area contributed by atoms with Crippen molar-refractivity contribution in [2.45, 2.75) is 44.3 Å². The molecule has 39 heavy (non-hydrogen) atoms. The van der Waals surface area contributed by atoms with Gasteiger partial charge in [0.15, 0.2) is 0 Å². The topological polar surface area (TPSA) is 105 Å². The number of amides is 2. The molecule has 0 heterocycles. The maximum Gasteiger partial charge on any atom is 0.264 e. The summed E-state index contributed by atoms with van der Waals surface area (Å²) < 4.78 is 39.5. The monoisotopic (exact) mass is 553 g/mol. The number of benzene rings is 3. The number of hydrogen-bond acceptors (Lipinski definition) is 6. The quantitative estimate of drug-likeness (QED) is 0.365. The summed E-state index contributed by atoms with van der Waals surface area (Å²) in [4.78, 5) is 28.2. The average molecular weight is 554 g/mol. The van der Waals surface area contributed by atoms with Gasteiger partial charge in [0.25, 0.3) is 10.0 Å². The van der Waals surface area contributed by atoms with Crippen LogP contribution in [0.2, 0.25) is 0 Å². The number of carbonyl (C=O) groups is 2. The molecule has 0 saturated carbocycles. The van der Waals surface area contributed by atoms with E-state index in [1.165, 1.54) is 43.4 Å². The Labute approximate surface area is 230 Å². The molecule has 1 N–H and O–H groups in total. The van der Waals surface area contributed by atoms with Crippen LogP contribution in [0.5, 0.6) is 11.5 Å². The average Bonchev–Trinajstić information content (AvgIpc) is 2.94. The number of nitrogens with one attached hydrogen (secondary N) is 1. The molecule has 0 fully saturated rings. The first-order valence-electron chi connectivity index (χ1n) is 12.5. The van der Waals surface area contributed by atoms with Gasteiger partial charge in [0.05, 0.1) is 24.8 Å². The molecule has 0 aliphatic heterocycles. The summed E-state index contributed by atoms with van der Waals surface area (Å²) in [6.45, 7) is 4.86. The zero-order chi connectivity index (χ0) is 28.6. The molecule has 0 saturated heterocycles. The van der Waals surface area contributed by atoms with Crippen molar-refractivity contribution in [1.82, 2.24) is 10.2 Å². The second-order valence-electron chi connectivity index (χ2n) is 9.21. The molecular weight excluding hydrogens is 518 g/mol. The van der Waals surface area contributed by atoms with Crippen LogP contribution in [-0.4, -0.2) is 58.0 Å². The summed E-state index contributed by atoms with van der Waals surface area (Å²) in [7, 11) is -1.31. The Hall–Kier alpha value is -4.05. The molecule has 2 amide bonds. The molecule has 208 valence electrons. The van der Waals surface area contributed by atoms with Crippen LogP contribution in [0.4, 0.5) is 5.69 Å². The highest BCUT2D eigenvalue weighted by atomic mass is 32.2. The number of rotatable bonds is 12. The summed E-state index contributed by atoms with van der Waals surface area (Å²) in [6.07, 6.45) is 0. The third-order valence-corrected chi connectivity index (χ3v) is 7.85. The van der Waals surface area contributed by atoms with Crippen LogP contribution in [0, 0.1) is 0 Å². The van der Waals surface area contributed by atoms with Gasteiger partial charge in [-0.25, -0.2) is 8.42 Å². The maximum absolute atomic E-state index is 13.9. The Morgan fingerprint density at radius 2 is 1.46 bits per heavy atom. The third kappa shape index (κ3) is 7.29. The van der Waals surface area contributed by atoms with Crippen molar-refractivity contribution in [3.63, 3.8) is 0 Å². The largest absolute Gasteiger partial charge is 0.497 e. The van der Waals surface area contributed by atoms with E-state index in [4.69, 9.17) is 9.47 Å². The molecule has 10 heteroatoms. The van der Waals surface area contributed by atoms with Crippen molar-refractivity contribution in [1.29, 1.82) is 0 Å². The number of anilines is 1. The molecule has 0 aliphatic carbocycles. The summed E-state index contributed by atoms with van der Waals surface area (Å²) in [5.41, 5.74) is 1.00. The Morgan fingerprint density at radius 3 is 2.05 bits per heavy atom. The van der Waals surface area contributed by atoms with Crippen LogP contribution in [0.1, 0.15) is 26.3 Å². The molecule has 3 rings (SSSR count). The van der Waals surface area contributed by atoms with E-state index in [0.717, 1.165) is 9.87 Å². The number of methoxy groups -OCH3 is 2. The predicted octanol–water partition coefficient (Wildman–Crippen LogP) is 3.84. The SMILES string of the molecule is COc1ccc(S(=O)(=O)N(CC(=O)N(Cc2ccccc2)[C@@H](C)C(=O)NC(C)C)c2ccccc2OC)cc1. The van der Waals surface area contributed by atoms with E-state index in [1.807, 2.05) is 44.2 Å². The summed E-state index contributed by atoms with van der Waals surface area (Å²) in [6, 6.07) is 20.7. The first kappa shape index (κ1) is 29.5. The normalized spacial score (nSPS) is 11.9. The second-order valence-corrected chi connectivity index (χ2v) is 11.1. The Bertz CT molecular complexity index is 1360. The van der Waals surface area contributed by atoms with Gasteiger partial charge in [-0.1, -0.05) is 42.5 Å². The van der Waals surface area contributed by atoms with Crippen LogP contribution in [0.25, 0.3) is 0 Å². The lowest BCUT2D eigenvalue weighted by molar-refractivity contribution is -0.139. The number of para-hydroxylation sites is 2. The van der Waals surface area contributed by atoms with Gasteiger partial charge in [0.1, 0.15) is 24.1 Å². The lowest BCUT2D eigenvalue weighted by Gasteiger charge is -2.32. The standard InChI is InChI=1S/C29H35N3O6S/c1-21(2)30-29(34)22(3)31(19-23-11-7-6-8-12-23)28(33)20-32(26-13-9-10-14-27(26)38-5)39(35,36)25-17-15-24(37-4)16-18-25/h6-18,21-22H,19-20H2,1-5H3,(H,30,34)/t22-/m0/s1. The zero-order valence-electron chi connectivity index (χ0n) is 22.8. The molecule has 0 unspecified atom stereocenters. The lowest BCUT2D eigenvalue weighted by atomic mass is 10.1. The van der Waals surface area contributed by atoms with Crippen molar-refractivity contribution in [3.8, 4) is 11.5 Å². The Morgan fingerprint density at radius 1 is 0.846 bits per heavy atom. The van der Waals surface area contributed by atoms with Gasteiger partial charge in [-0.3, -0.25) is 13.9 Å². The van der Waals surface area contributed by atoms with Crippen molar-refractivity contribution in [2.75, 3.05) is 25.1 Å². The van der Waals surface area contributed by atoms with Gasteiger partial charge >= 0.3 is 0 Å². The van der Waals surface area contributed by atoms with E-state index in [-0.39, 0.29) is 34.8 Å². The summed E-state index contributed by atoms with van der Waals surface area (Å²) in [5.74, 6) is -0.111. The van der Waals surface area contributed by atoms with E-state index >= 15 is 0 Å². The van der Waals surface area contributed by atoms with E-state index < -0.39 is 28.5 Å². The minimum absolute atomic E-state index is 0.0257. The highest BCUT2D eigenvalue weighted by Crippen LogP contribution is 2.33. The molecule has 1 atom stereocenters. The second kappa shape index (κ2) is 13.1. The van der Waals surface area contributed by atoms with Crippen LogP contribution < -0.4 is 19.1 Å².